The normalized spacial score (nSPS) is 13.1. The Labute approximate surface area is 151 Å². The summed E-state index contributed by atoms with van der Waals surface area (Å²) in [6, 6.07) is 8.83. The second-order valence-electron chi connectivity index (χ2n) is 7.78. The van der Waals surface area contributed by atoms with Gasteiger partial charge in [-0.3, -0.25) is 4.90 Å². The summed E-state index contributed by atoms with van der Waals surface area (Å²) >= 11 is 0. The van der Waals surface area contributed by atoms with Gasteiger partial charge in [0.25, 0.3) is 0 Å². The highest BCUT2D eigenvalue weighted by molar-refractivity contribution is 5.33. The van der Waals surface area contributed by atoms with Crippen molar-refractivity contribution in [3.63, 3.8) is 0 Å². The SMILES string of the molecule is CC(c1nc(N)nc(N(C)C)n1)N(C)Cc1ccc(C(C)(C)C)cc1. The summed E-state index contributed by atoms with van der Waals surface area (Å²) in [6.07, 6.45) is 0. The number of nitrogens with zero attached hydrogens (tertiary/aromatic N) is 5. The monoisotopic (exact) mass is 342 g/mol. The van der Waals surface area contributed by atoms with E-state index >= 15 is 0 Å². The summed E-state index contributed by atoms with van der Waals surface area (Å²) in [7, 11) is 5.85. The van der Waals surface area contributed by atoms with E-state index in [1.165, 1.54) is 11.1 Å². The Hall–Kier alpha value is -2.21. The van der Waals surface area contributed by atoms with E-state index in [1.54, 1.807) is 0 Å². The lowest BCUT2D eigenvalue weighted by molar-refractivity contribution is 0.243. The van der Waals surface area contributed by atoms with Crippen molar-refractivity contribution in [1.29, 1.82) is 0 Å². The molecule has 2 rings (SSSR count). The van der Waals surface area contributed by atoms with Crippen molar-refractivity contribution in [2.75, 3.05) is 31.8 Å². The number of hydrogen-bond acceptors (Lipinski definition) is 6. The summed E-state index contributed by atoms with van der Waals surface area (Å²) in [6.45, 7) is 9.57. The quantitative estimate of drug-likeness (QED) is 0.900. The second kappa shape index (κ2) is 7.35. The molecule has 6 heteroatoms. The lowest BCUT2D eigenvalue weighted by Crippen LogP contribution is -2.25. The average molecular weight is 342 g/mol. The Morgan fingerprint density at radius 1 is 1.00 bits per heavy atom. The van der Waals surface area contributed by atoms with Crippen molar-refractivity contribution in [1.82, 2.24) is 19.9 Å². The van der Waals surface area contributed by atoms with Gasteiger partial charge < -0.3 is 10.6 Å². The molecule has 1 aromatic heterocycles. The van der Waals surface area contributed by atoms with Crippen LogP contribution in [0.2, 0.25) is 0 Å². The fraction of sp³-hybridized carbons (Fsp3) is 0.526. The Morgan fingerprint density at radius 2 is 1.60 bits per heavy atom. The number of nitrogens with two attached hydrogens (primary N) is 1. The van der Waals surface area contributed by atoms with Crippen LogP contribution in [-0.2, 0) is 12.0 Å². The number of aromatic nitrogens is 3. The summed E-state index contributed by atoms with van der Waals surface area (Å²) in [5, 5.41) is 0. The molecule has 0 aliphatic heterocycles. The first-order chi connectivity index (χ1) is 11.6. The number of nitrogen functional groups attached to an aromatic ring is 1. The second-order valence-corrected chi connectivity index (χ2v) is 7.78. The number of hydrogen-bond donors (Lipinski definition) is 1. The molecule has 0 aliphatic carbocycles. The van der Waals surface area contributed by atoms with Crippen LogP contribution < -0.4 is 10.6 Å². The highest BCUT2D eigenvalue weighted by Gasteiger charge is 2.18. The molecule has 1 atom stereocenters. The lowest BCUT2D eigenvalue weighted by Gasteiger charge is -2.25. The molecule has 6 nitrogen and oxygen atoms in total. The van der Waals surface area contributed by atoms with Crippen LogP contribution in [0.25, 0.3) is 0 Å². The summed E-state index contributed by atoms with van der Waals surface area (Å²) in [5.74, 6) is 1.52. The van der Waals surface area contributed by atoms with Crippen LogP contribution in [0, 0.1) is 0 Å². The molecule has 0 aliphatic rings. The van der Waals surface area contributed by atoms with Gasteiger partial charge in [0.1, 0.15) is 0 Å². The smallest absolute Gasteiger partial charge is 0.229 e. The van der Waals surface area contributed by atoms with E-state index < -0.39 is 0 Å². The maximum Gasteiger partial charge on any atom is 0.229 e. The third kappa shape index (κ3) is 4.89. The highest BCUT2D eigenvalue weighted by atomic mass is 15.3. The number of benzene rings is 1. The van der Waals surface area contributed by atoms with E-state index in [-0.39, 0.29) is 17.4 Å². The van der Waals surface area contributed by atoms with Crippen LogP contribution in [0.5, 0.6) is 0 Å². The summed E-state index contributed by atoms with van der Waals surface area (Å²) in [5.41, 5.74) is 8.61. The number of anilines is 2. The van der Waals surface area contributed by atoms with Crippen LogP contribution >= 0.6 is 0 Å². The fourth-order valence-electron chi connectivity index (χ4n) is 2.52. The van der Waals surface area contributed by atoms with Crippen molar-refractivity contribution in [3.05, 3.63) is 41.2 Å². The van der Waals surface area contributed by atoms with Gasteiger partial charge >= 0.3 is 0 Å². The highest BCUT2D eigenvalue weighted by Crippen LogP contribution is 2.24. The summed E-state index contributed by atoms with van der Waals surface area (Å²) < 4.78 is 0. The van der Waals surface area contributed by atoms with Crippen LogP contribution in [-0.4, -0.2) is 41.0 Å². The standard InChI is InChI=1S/C19H30N6/c1-13(16-21-17(20)23-18(22-16)24(5)6)25(7)12-14-8-10-15(11-9-14)19(2,3)4/h8-11,13H,12H2,1-7H3,(H2,20,21,22,23). The van der Waals surface area contributed by atoms with E-state index in [4.69, 9.17) is 5.73 Å². The molecule has 0 fully saturated rings. The van der Waals surface area contributed by atoms with E-state index in [9.17, 15) is 0 Å². The molecule has 0 bridgehead atoms. The van der Waals surface area contributed by atoms with Crippen molar-refractivity contribution in [2.45, 2.75) is 45.7 Å². The third-order valence-corrected chi connectivity index (χ3v) is 4.34. The Balaban J connectivity index is 2.14. The zero-order valence-electron chi connectivity index (χ0n) is 16.4. The first-order valence-corrected chi connectivity index (χ1v) is 8.56. The maximum absolute atomic E-state index is 5.84. The van der Waals surface area contributed by atoms with E-state index in [0.29, 0.717) is 11.8 Å². The molecule has 136 valence electrons. The zero-order valence-corrected chi connectivity index (χ0v) is 16.4. The molecular weight excluding hydrogens is 312 g/mol. The zero-order chi connectivity index (χ0) is 18.8. The molecule has 0 saturated heterocycles. The largest absolute Gasteiger partial charge is 0.368 e. The van der Waals surface area contributed by atoms with E-state index in [2.05, 4.69) is 78.9 Å². The lowest BCUT2D eigenvalue weighted by atomic mass is 9.87. The van der Waals surface area contributed by atoms with Gasteiger partial charge in [-0.1, -0.05) is 45.0 Å². The topological polar surface area (TPSA) is 71.2 Å². The Kier molecular flexibility index (Phi) is 5.62. The third-order valence-electron chi connectivity index (χ3n) is 4.34. The predicted molar refractivity (Wildman–Crippen MR) is 104 cm³/mol. The molecule has 0 amide bonds. The number of rotatable bonds is 5. The van der Waals surface area contributed by atoms with Crippen LogP contribution in [0.3, 0.4) is 0 Å². The molecule has 0 radical (unpaired) electrons. The first kappa shape index (κ1) is 19.1. The van der Waals surface area contributed by atoms with Gasteiger partial charge in [-0.25, -0.2) is 0 Å². The fourth-order valence-corrected chi connectivity index (χ4v) is 2.52. The van der Waals surface area contributed by atoms with Crippen molar-refractivity contribution in [3.8, 4) is 0 Å². The van der Waals surface area contributed by atoms with Crippen molar-refractivity contribution in [2.24, 2.45) is 0 Å². The molecule has 2 N–H and O–H groups in total. The van der Waals surface area contributed by atoms with Gasteiger partial charge in [-0.05, 0) is 30.5 Å². The van der Waals surface area contributed by atoms with Gasteiger partial charge in [0, 0.05) is 20.6 Å². The molecule has 1 heterocycles. The molecule has 0 spiro atoms. The van der Waals surface area contributed by atoms with Crippen molar-refractivity contribution >= 4 is 11.9 Å². The Morgan fingerprint density at radius 3 is 2.12 bits per heavy atom. The van der Waals surface area contributed by atoms with Gasteiger partial charge in [0.15, 0.2) is 5.82 Å². The molecule has 25 heavy (non-hydrogen) atoms. The molecule has 2 aromatic rings. The van der Waals surface area contributed by atoms with Crippen LogP contribution in [0.15, 0.2) is 24.3 Å². The molecular formula is C19H30N6. The van der Waals surface area contributed by atoms with Crippen molar-refractivity contribution < 1.29 is 0 Å². The van der Waals surface area contributed by atoms with Gasteiger partial charge in [0.2, 0.25) is 11.9 Å². The minimum absolute atomic E-state index is 0.0336. The van der Waals surface area contributed by atoms with Gasteiger partial charge in [0.05, 0.1) is 6.04 Å². The molecule has 0 saturated carbocycles. The minimum Gasteiger partial charge on any atom is -0.368 e. The molecule has 1 aromatic carbocycles. The predicted octanol–water partition coefficient (Wildman–Crippen LogP) is 3.01. The molecule has 1 unspecified atom stereocenters. The maximum atomic E-state index is 5.84. The van der Waals surface area contributed by atoms with Crippen LogP contribution in [0.1, 0.15) is 50.7 Å². The van der Waals surface area contributed by atoms with Gasteiger partial charge in [-0.2, -0.15) is 15.0 Å². The Bertz CT molecular complexity index is 703. The van der Waals surface area contributed by atoms with E-state index in [1.807, 2.05) is 19.0 Å². The first-order valence-electron chi connectivity index (χ1n) is 8.56. The van der Waals surface area contributed by atoms with E-state index in [0.717, 1.165) is 6.54 Å². The minimum atomic E-state index is 0.0336. The van der Waals surface area contributed by atoms with Crippen LogP contribution in [0.4, 0.5) is 11.9 Å². The average Bonchev–Trinajstić information content (AvgIpc) is 2.53. The van der Waals surface area contributed by atoms with Gasteiger partial charge in [-0.15, -0.1) is 0 Å². The summed E-state index contributed by atoms with van der Waals surface area (Å²) in [4.78, 5) is 17.0.